The molecule has 0 aliphatic carbocycles. The van der Waals surface area contributed by atoms with Crippen molar-refractivity contribution in [2.24, 2.45) is 0 Å². The van der Waals surface area contributed by atoms with Crippen LogP contribution in [0.4, 0.5) is 5.82 Å². The Bertz CT molecular complexity index is 759. The molecular weight excluding hydrogens is 282 g/mol. The van der Waals surface area contributed by atoms with Crippen molar-refractivity contribution in [2.75, 3.05) is 25.7 Å². The van der Waals surface area contributed by atoms with Crippen LogP contribution < -0.4 is 4.90 Å². The first-order valence-corrected chi connectivity index (χ1v) is 6.91. The van der Waals surface area contributed by atoms with E-state index in [4.69, 9.17) is 9.15 Å². The molecule has 0 aliphatic heterocycles. The molecule has 0 aliphatic rings. The molecule has 7 heteroatoms. The monoisotopic (exact) mass is 299 g/mol. The molecule has 0 amide bonds. The summed E-state index contributed by atoms with van der Waals surface area (Å²) in [5.41, 5.74) is 2.02. The van der Waals surface area contributed by atoms with E-state index in [1.807, 2.05) is 30.1 Å². The van der Waals surface area contributed by atoms with Crippen LogP contribution in [0.15, 0.2) is 35.1 Å². The van der Waals surface area contributed by atoms with Crippen molar-refractivity contribution in [3.8, 4) is 0 Å². The zero-order valence-corrected chi connectivity index (χ0v) is 12.7. The van der Waals surface area contributed by atoms with Gasteiger partial charge in [0, 0.05) is 27.3 Å². The number of likely N-dealkylation sites (N-methyl/N-ethyl adjacent to an activating group) is 1. The van der Waals surface area contributed by atoms with Gasteiger partial charge in [0.2, 0.25) is 0 Å². The molecule has 114 valence electrons. The molecule has 7 nitrogen and oxygen atoms in total. The third kappa shape index (κ3) is 2.62. The van der Waals surface area contributed by atoms with E-state index in [2.05, 4.69) is 19.9 Å². The number of hydrogen-bond acceptors (Lipinski definition) is 7. The first-order chi connectivity index (χ1) is 10.7. The van der Waals surface area contributed by atoms with Crippen molar-refractivity contribution < 1.29 is 9.15 Å². The molecule has 0 saturated heterocycles. The second kappa shape index (κ2) is 6.07. The molecule has 3 rings (SSSR count). The largest absolute Gasteiger partial charge is 0.422 e. The number of oxazole rings is 1. The van der Waals surface area contributed by atoms with E-state index in [1.165, 1.54) is 6.33 Å². The van der Waals surface area contributed by atoms with Crippen molar-refractivity contribution >= 4 is 17.0 Å². The first kappa shape index (κ1) is 14.4. The first-order valence-electron chi connectivity index (χ1n) is 6.91. The Kier molecular flexibility index (Phi) is 3.97. The summed E-state index contributed by atoms with van der Waals surface area (Å²) in [6, 6.07) is 5.72. The maximum absolute atomic E-state index is 5.47. The molecule has 3 aromatic rings. The predicted octanol–water partition coefficient (Wildman–Crippen LogP) is 2.15. The summed E-state index contributed by atoms with van der Waals surface area (Å²) in [5, 5.41) is 0. The van der Waals surface area contributed by atoms with Crippen molar-refractivity contribution in [3.63, 3.8) is 0 Å². The third-order valence-electron chi connectivity index (χ3n) is 3.44. The SMILES string of the molecule is COCC(c1ccccn1)N(C)c1ncnc2oc(C)nc12. The second-order valence-electron chi connectivity index (χ2n) is 4.92. The standard InChI is InChI=1S/C15H17N5O2/c1-10-19-13-14(17-9-18-15(13)22-10)20(2)12(8-21-3)11-6-4-5-7-16-11/h4-7,9,12H,8H2,1-3H3. The molecule has 0 bridgehead atoms. The summed E-state index contributed by atoms with van der Waals surface area (Å²) >= 11 is 0. The van der Waals surface area contributed by atoms with Crippen LogP contribution >= 0.6 is 0 Å². The molecule has 0 radical (unpaired) electrons. The number of rotatable bonds is 5. The Hall–Kier alpha value is -2.54. The summed E-state index contributed by atoms with van der Waals surface area (Å²) in [6.07, 6.45) is 3.24. The highest BCUT2D eigenvalue weighted by Gasteiger charge is 2.23. The van der Waals surface area contributed by atoms with Crippen LogP contribution in [0.3, 0.4) is 0 Å². The maximum atomic E-state index is 5.47. The maximum Gasteiger partial charge on any atom is 0.252 e. The lowest BCUT2D eigenvalue weighted by Crippen LogP contribution is -2.29. The lowest BCUT2D eigenvalue weighted by atomic mass is 10.1. The molecule has 3 heterocycles. The van der Waals surface area contributed by atoms with Crippen LogP contribution in [0.5, 0.6) is 0 Å². The molecule has 1 atom stereocenters. The van der Waals surface area contributed by atoms with E-state index >= 15 is 0 Å². The average molecular weight is 299 g/mol. The number of ether oxygens (including phenoxy) is 1. The lowest BCUT2D eigenvalue weighted by Gasteiger charge is -2.27. The Balaban J connectivity index is 2.04. The summed E-state index contributed by atoms with van der Waals surface area (Å²) in [4.78, 5) is 19.2. The Morgan fingerprint density at radius 3 is 2.86 bits per heavy atom. The van der Waals surface area contributed by atoms with E-state index in [1.54, 1.807) is 20.2 Å². The summed E-state index contributed by atoms with van der Waals surface area (Å²) in [5.74, 6) is 1.25. The van der Waals surface area contributed by atoms with Gasteiger partial charge in [0.05, 0.1) is 18.3 Å². The predicted molar refractivity (Wildman–Crippen MR) is 81.6 cm³/mol. The lowest BCUT2D eigenvalue weighted by molar-refractivity contribution is 0.177. The van der Waals surface area contributed by atoms with Crippen molar-refractivity contribution in [1.29, 1.82) is 0 Å². The van der Waals surface area contributed by atoms with Gasteiger partial charge in [-0.3, -0.25) is 4.98 Å². The van der Waals surface area contributed by atoms with Crippen LogP contribution in [0.1, 0.15) is 17.6 Å². The fourth-order valence-corrected chi connectivity index (χ4v) is 2.38. The molecule has 3 aromatic heterocycles. The normalized spacial score (nSPS) is 12.5. The van der Waals surface area contributed by atoms with E-state index in [0.29, 0.717) is 29.5 Å². The number of anilines is 1. The van der Waals surface area contributed by atoms with Crippen LogP contribution in [0.25, 0.3) is 11.2 Å². The molecular formula is C15H17N5O2. The highest BCUT2D eigenvalue weighted by atomic mass is 16.5. The minimum absolute atomic E-state index is 0.0821. The minimum atomic E-state index is -0.0821. The van der Waals surface area contributed by atoms with Crippen molar-refractivity contribution in [1.82, 2.24) is 19.9 Å². The van der Waals surface area contributed by atoms with Crippen LogP contribution in [-0.2, 0) is 4.74 Å². The van der Waals surface area contributed by atoms with Gasteiger partial charge < -0.3 is 14.1 Å². The van der Waals surface area contributed by atoms with Crippen molar-refractivity contribution in [3.05, 3.63) is 42.3 Å². The fraction of sp³-hybridized carbons (Fsp3) is 0.333. The summed E-state index contributed by atoms with van der Waals surface area (Å²) in [6.45, 7) is 2.27. The number of fused-ring (bicyclic) bond motifs is 1. The Morgan fingerprint density at radius 2 is 2.14 bits per heavy atom. The van der Waals surface area contributed by atoms with Crippen LogP contribution in [0, 0.1) is 6.92 Å². The third-order valence-corrected chi connectivity index (χ3v) is 3.44. The quantitative estimate of drug-likeness (QED) is 0.714. The van der Waals surface area contributed by atoms with E-state index in [9.17, 15) is 0 Å². The number of hydrogen-bond donors (Lipinski definition) is 0. The number of methoxy groups -OCH3 is 1. The summed E-state index contributed by atoms with van der Waals surface area (Å²) in [7, 11) is 3.60. The van der Waals surface area contributed by atoms with Gasteiger partial charge in [-0.2, -0.15) is 4.98 Å². The Morgan fingerprint density at radius 1 is 1.27 bits per heavy atom. The van der Waals surface area contributed by atoms with Crippen molar-refractivity contribution in [2.45, 2.75) is 13.0 Å². The van der Waals surface area contributed by atoms with E-state index in [0.717, 1.165) is 5.69 Å². The van der Waals surface area contributed by atoms with E-state index < -0.39 is 0 Å². The zero-order chi connectivity index (χ0) is 15.5. The van der Waals surface area contributed by atoms with Gasteiger partial charge in [0.25, 0.3) is 5.71 Å². The number of nitrogens with zero attached hydrogens (tertiary/aromatic N) is 5. The summed E-state index contributed by atoms with van der Waals surface area (Å²) < 4.78 is 10.8. The van der Waals surface area contributed by atoms with Gasteiger partial charge in [0.15, 0.2) is 17.2 Å². The van der Waals surface area contributed by atoms with Crippen LogP contribution in [-0.4, -0.2) is 40.7 Å². The Labute approximate surface area is 128 Å². The molecule has 0 aromatic carbocycles. The zero-order valence-electron chi connectivity index (χ0n) is 12.7. The van der Waals surface area contributed by atoms with Gasteiger partial charge in [-0.25, -0.2) is 9.97 Å². The van der Waals surface area contributed by atoms with Gasteiger partial charge in [0.1, 0.15) is 6.33 Å². The molecule has 1 unspecified atom stereocenters. The second-order valence-corrected chi connectivity index (χ2v) is 4.92. The highest BCUT2D eigenvalue weighted by Crippen LogP contribution is 2.28. The van der Waals surface area contributed by atoms with E-state index in [-0.39, 0.29) is 6.04 Å². The van der Waals surface area contributed by atoms with Gasteiger partial charge in [-0.15, -0.1) is 0 Å². The number of aryl methyl sites for hydroxylation is 1. The van der Waals surface area contributed by atoms with Gasteiger partial charge >= 0.3 is 0 Å². The molecule has 22 heavy (non-hydrogen) atoms. The number of aromatic nitrogens is 4. The average Bonchev–Trinajstić information content (AvgIpc) is 2.93. The van der Waals surface area contributed by atoms with Gasteiger partial charge in [-0.1, -0.05) is 6.07 Å². The fourth-order valence-electron chi connectivity index (χ4n) is 2.38. The molecule has 0 spiro atoms. The molecule has 0 N–H and O–H groups in total. The molecule has 0 saturated carbocycles. The molecule has 0 fully saturated rings. The minimum Gasteiger partial charge on any atom is -0.422 e. The van der Waals surface area contributed by atoms with Crippen LogP contribution in [0.2, 0.25) is 0 Å². The topological polar surface area (TPSA) is 77.2 Å². The number of pyridine rings is 1. The van der Waals surface area contributed by atoms with Gasteiger partial charge in [-0.05, 0) is 12.1 Å². The smallest absolute Gasteiger partial charge is 0.252 e. The highest BCUT2D eigenvalue weighted by molar-refractivity contribution is 5.81.